The summed E-state index contributed by atoms with van der Waals surface area (Å²) in [6, 6.07) is 29.6. The Morgan fingerprint density at radius 3 is 2.19 bits per heavy atom. The van der Waals surface area contributed by atoms with Crippen molar-refractivity contribution >= 4 is 23.4 Å². The summed E-state index contributed by atoms with van der Waals surface area (Å²) >= 11 is 6.23. The summed E-state index contributed by atoms with van der Waals surface area (Å²) in [5.41, 5.74) is 5.14. The maximum atomic E-state index is 6.23. The van der Waals surface area contributed by atoms with Crippen molar-refractivity contribution in [1.29, 1.82) is 0 Å². The van der Waals surface area contributed by atoms with Gasteiger partial charge < -0.3 is 4.90 Å². The summed E-state index contributed by atoms with van der Waals surface area (Å²) in [6.07, 6.45) is 5.98. The molecule has 1 aliphatic rings. The standard InChI is InChI=1S/C28H31ClN2/c29-27-16-9-13-25(22-27)23-28(26-14-5-2-6-15-26)31-20-18-30(19-21-31)17-8-7-12-24-10-3-1-4-11-24/h1-6,9-11,13-16,22-23H,7-8,12,17-21H2/b28-23+. The number of unbranched alkanes of at least 4 members (excludes halogenated alkanes) is 1. The van der Waals surface area contributed by atoms with Crippen molar-refractivity contribution < 1.29 is 0 Å². The monoisotopic (exact) mass is 430 g/mol. The molecule has 0 saturated carbocycles. The van der Waals surface area contributed by atoms with Crippen LogP contribution in [0.2, 0.25) is 5.02 Å². The molecule has 4 rings (SSSR count). The van der Waals surface area contributed by atoms with Gasteiger partial charge in [0.05, 0.1) is 0 Å². The van der Waals surface area contributed by atoms with Crippen LogP contribution in [0.25, 0.3) is 11.8 Å². The van der Waals surface area contributed by atoms with Gasteiger partial charge >= 0.3 is 0 Å². The number of piperazine rings is 1. The van der Waals surface area contributed by atoms with E-state index in [-0.39, 0.29) is 0 Å². The average molecular weight is 431 g/mol. The van der Waals surface area contributed by atoms with Crippen molar-refractivity contribution in [3.63, 3.8) is 0 Å². The molecule has 31 heavy (non-hydrogen) atoms. The maximum Gasteiger partial charge on any atom is 0.0446 e. The molecule has 0 bridgehead atoms. The van der Waals surface area contributed by atoms with Crippen molar-refractivity contribution in [3.05, 3.63) is 107 Å². The van der Waals surface area contributed by atoms with E-state index < -0.39 is 0 Å². The first-order chi connectivity index (χ1) is 15.3. The topological polar surface area (TPSA) is 6.48 Å². The van der Waals surface area contributed by atoms with Crippen LogP contribution in [0, 0.1) is 0 Å². The molecule has 1 fully saturated rings. The minimum Gasteiger partial charge on any atom is -0.368 e. The maximum absolute atomic E-state index is 6.23. The van der Waals surface area contributed by atoms with E-state index in [0.29, 0.717) is 0 Å². The molecule has 0 atom stereocenters. The fraction of sp³-hybridized carbons (Fsp3) is 0.286. The van der Waals surface area contributed by atoms with Crippen LogP contribution in [0.1, 0.15) is 29.5 Å². The summed E-state index contributed by atoms with van der Waals surface area (Å²) < 4.78 is 0. The van der Waals surface area contributed by atoms with Crippen molar-refractivity contribution in [2.24, 2.45) is 0 Å². The first kappa shape index (κ1) is 21.7. The largest absolute Gasteiger partial charge is 0.368 e. The molecule has 0 amide bonds. The lowest BCUT2D eigenvalue weighted by Crippen LogP contribution is -2.45. The Bertz CT molecular complexity index is 961. The van der Waals surface area contributed by atoms with Gasteiger partial charge in [-0.15, -0.1) is 0 Å². The summed E-state index contributed by atoms with van der Waals surface area (Å²) in [6.45, 7) is 5.54. The number of nitrogens with zero attached hydrogens (tertiary/aromatic N) is 2. The van der Waals surface area contributed by atoms with E-state index in [1.54, 1.807) is 0 Å². The van der Waals surface area contributed by atoms with Crippen LogP contribution in [0.15, 0.2) is 84.9 Å². The zero-order valence-corrected chi connectivity index (χ0v) is 18.8. The van der Waals surface area contributed by atoms with Crippen LogP contribution < -0.4 is 0 Å². The van der Waals surface area contributed by atoms with Crippen molar-refractivity contribution in [3.8, 4) is 0 Å². The van der Waals surface area contributed by atoms with E-state index in [2.05, 4.69) is 82.6 Å². The quantitative estimate of drug-likeness (QED) is 0.298. The van der Waals surface area contributed by atoms with Crippen LogP contribution in [0.3, 0.4) is 0 Å². The normalized spacial score (nSPS) is 15.3. The SMILES string of the molecule is Clc1cccc(/C=C(\c2ccccc2)N2CCN(CCCCc3ccccc3)CC2)c1. The van der Waals surface area contributed by atoms with Gasteiger partial charge in [-0.1, -0.05) is 84.4 Å². The van der Waals surface area contributed by atoms with Gasteiger partial charge in [-0.25, -0.2) is 0 Å². The number of benzene rings is 3. The zero-order valence-electron chi connectivity index (χ0n) is 18.1. The highest BCUT2D eigenvalue weighted by atomic mass is 35.5. The van der Waals surface area contributed by atoms with Crippen LogP contribution >= 0.6 is 11.6 Å². The minimum atomic E-state index is 0.779. The molecule has 1 heterocycles. The van der Waals surface area contributed by atoms with E-state index in [1.807, 2.05) is 18.2 Å². The molecule has 160 valence electrons. The third kappa shape index (κ3) is 6.46. The third-order valence-electron chi connectivity index (χ3n) is 5.97. The highest BCUT2D eigenvalue weighted by Crippen LogP contribution is 2.25. The predicted octanol–water partition coefficient (Wildman–Crippen LogP) is 6.48. The molecule has 3 aromatic rings. The lowest BCUT2D eigenvalue weighted by Gasteiger charge is -2.37. The fourth-order valence-electron chi connectivity index (χ4n) is 4.24. The first-order valence-corrected chi connectivity index (χ1v) is 11.7. The van der Waals surface area contributed by atoms with Crippen LogP contribution in [0.4, 0.5) is 0 Å². The Labute approximate surface area is 191 Å². The van der Waals surface area contributed by atoms with Gasteiger partial charge in [0, 0.05) is 36.9 Å². The molecule has 0 aliphatic carbocycles. The molecule has 0 unspecified atom stereocenters. The van der Waals surface area contributed by atoms with Gasteiger partial charge in [0.25, 0.3) is 0 Å². The summed E-state index contributed by atoms with van der Waals surface area (Å²) in [7, 11) is 0. The Morgan fingerprint density at radius 2 is 1.48 bits per heavy atom. The van der Waals surface area contributed by atoms with Crippen molar-refractivity contribution in [1.82, 2.24) is 9.80 Å². The van der Waals surface area contributed by atoms with Gasteiger partial charge in [0.1, 0.15) is 0 Å². The average Bonchev–Trinajstić information content (AvgIpc) is 2.82. The van der Waals surface area contributed by atoms with E-state index in [9.17, 15) is 0 Å². The lowest BCUT2D eigenvalue weighted by molar-refractivity contribution is 0.173. The Morgan fingerprint density at radius 1 is 0.774 bits per heavy atom. The third-order valence-corrected chi connectivity index (χ3v) is 6.20. The van der Waals surface area contributed by atoms with Gasteiger partial charge in [0.2, 0.25) is 0 Å². The molecule has 2 nitrogen and oxygen atoms in total. The number of rotatable bonds is 8. The van der Waals surface area contributed by atoms with E-state index in [4.69, 9.17) is 11.6 Å². The van der Waals surface area contributed by atoms with Gasteiger partial charge in [0.15, 0.2) is 0 Å². The molecule has 1 aliphatic heterocycles. The molecule has 1 saturated heterocycles. The van der Waals surface area contributed by atoms with Gasteiger partial charge in [-0.3, -0.25) is 4.90 Å². The molecule has 3 aromatic carbocycles. The van der Waals surface area contributed by atoms with E-state index in [1.165, 1.54) is 42.6 Å². The molecule has 0 N–H and O–H groups in total. The molecular weight excluding hydrogens is 400 g/mol. The number of aryl methyl sites for hydroxylation is 1. The number of hydrogen-bond donors (Lipinski definition) is 0. The molecular formula is C28H31ClN2. The second kappa shape index (κ2) is 11.2. The lowest BCUT2D eigenvalue weighted by atomic mass is 10.1. The smallest absolute Gasteiger partial charge is 0.0446 e. The van der Waals surface area contributed by atoms with Gasteiger partial charge in [-0.05, 0) is 60.7 Å². The minimum absolute atomic E-state index is 0.779. The molecule has 0 radical (unpaired) electrons. The molecule has 3 heteroatoms. The Hall–Kier alpha value is -2.55. The van der Waals surface area contributed by atoms with Crippen molar-refractivity contribution in [2.45, 2.75) is 19.3 Å². The Balaban J connectivity index is 1.34. The molecule has 0 aromatic heterocycles. The second-order valence-corrected chi connectivity index (χ2v) is 8.66. The molecule has 0 spiro atoms. The predicted molar refractivity (Wildman–Crippen MR) is 133 cm³/mol. The van der Waals surface area contributed by atoms with Crippen molar-refractivity contribution in [2.75, 3.05) is 32.7 Å². The fourth-order valence-corrected chi connectivity index (χ4v) is 4.44. The summed E-state index contributed by atoms with van der Waals surface area (Å²) in [5.74, 6) is 0. The van der Waals surface area contributed by atoms with Crippen LogP contribution in [0.5, 0.6) is 0 Å². The second-order valence-electron chi connectivity index (χ2n) is 8.22. The Kier molecular flexibility index (Phi) is 7.81. The summed E-state index contributed by atoms with van der Waals surface area (Å²) in [5, 5.41) is 0.779. The van der Waals surface area contributed by atoms with E-state index in [0.717, 1.165) is 36.8 Å². The van der Waals surface area contributed by atoms with Crippen LogP contribution in [-0.2, 0) is 6.42 Å². The van der Waals surface area contributed by atoms with Crippen LogP contribution in [-0.4, -0.2) is 42.5 Å². The zero-order chi connectivity index (χ0) is 21.3. The highest BCUT2D eigenvalue weighted by molar-refractivity contribution is 6.30. The summed E-state index contributed by atoms with van der Waals surface area (Å²) in [4.78, 5) is 5.14. The van der Waals surface area contributed by atoms with Gasteiger partial charge in [-0.2, -0.15) is 0 Å². The number of halogens is 1. The van der Waals surface area contributed by atoms with E-state index >= 15 is 0 Å². The highest BCUT2D eigenvalue weighted by Gasteiger charge is 2.19. The number of hydrogen-bond acceptors (Lipinski definition) is 2. The first-order valence-electron chi connectivity index (χ1n) is 11.3.